The molecule has 0 fully saturated rings. The van der Waals surface area contributed by atoms with Crippen molar-refractivity contribution in [2.24, 2.45) is 11.5 Å². The number of para-hydroxylation sites is 1. The maximum absolute atomic E-state index is 13.5. The number of thiophene rings is 1. The summed E-state index contributed by atoms with van der Waals surface area (Å²) in [5.41, 5.74) is 27.6. The highest BCUT2D eigenvalue weighted by Crippen LogP contribution is 2.50. The van der Waals surface area contributed by atoms with Crippen LogP contribution in [-0.2, 0) is 10.3 Å². The van der Waals surface area contributed by atoms with Crippen molar-refractivity contribution < 1.29 is 9.53 Å². The zero-order chi connectivity index (χ0) is 21.9. The molecule has 0 bridgehead atoms. The zero-order valence-electron chi connectivity index (χ0n) is 16.9. The molecular weight excluding hydrogens is 408 g/mol. The molecule has 0 saturated carbocycles. The first-order valence-electron chi connectivity index (χ1n) is 9.86. The van der Waals surface area contributed by atoms with Crippen molar-refractivity contribution in [2.75, 3.05) is 11.5 Å². The number of Topliss-reactive ketones (excluding diaryl/α,β-unsaturated/α-hetero) is 1. The second-order valence-electron chi connectivity index (χ2n) is 7.83. The van der Waals surface area contributed by atoms with Crippen LogP contribution >= 0.6 is 11.3 Å². The number of ether oxygens (including phenoxy) is 1. The summed E-state index contributed by atoms with van der Waals surface area (Å²) < 4.78 is 6.74. The first-order valence-corrected chi connectivity index (χ1v) is 10.7. The van der Waals surface area contributed by atoms with Gasteiger partial charge in [-0.3, -0.25) is 4.79 Å². The zero-order valence-corrected chi connectivity index (χ0v) is 17.7. The molecule has 4 aromatic rings. The van der Waals surface area contributed by atoms with E-state index in [-0.39, 0.29) is 5.78 Å². The molecule has 8 N–H and O–H groups in total. The van der Waals surface area contributed by atoms with Crippen LogP contribution in [0.5, 0.6) is 11.5 Å². The number of carbonyl (C=O) groups is 1. The van der Waals surface area contributed by atoms with E-state index in [1.54, 1.807) is 6.07 Å². The fraction of sp³-hybridized carbons (Fsp3) is 0.125. The molecule has 1 aromatic heterocycles. The molecule has 5 rings (SSSR count). The summed E-state index contributed by atoms with van der Waals surface area (Å²) in [6, 6.07) is 17.7. The standard InChI is InChI=1S/C24H22N4O2S/c1-12-11-14(30-13-5-3-2-4-6-13)7-8-15(12)24(28)16-9-10-17(25)21-18(16)19(23(27)31-21)20(26)22(24)29/h2-11,20H,25-28H2,1H3. The fourth-order valence-corrected chi connectivity index (χ4v) is 5.52. The maximum Gasteiger partial charge on any atom is 0.183 e. The van der Waals surface area contributed by atoms with Gasteiger partial charge in [-0.2, -0.15) is 0 Å². The van der Waals surface area contributed by atoms with Gasteiger partial charge in [0.25, 0.3) is 0 Å². The summed E-state index contributed by atoms with van der Waals surface area (Å²) in [5, 5.41) is 1.29. The third-order valence-electron chi connectivity index (χ3n) is 5.94. The predicted molar refractivity (Wildman–Crippen MR) is 125 cm³/mol. The van der Waals surface area contributed by atoms with E-state index in [9.17, 15) is 4.79 Å². The fourth-order valence-electron chi connectivity index (χ4n) is 4.46. The Balaban J connectivity index is 1.68. The van der Waals surface area contributed by atoms with Crippen molar-refractivity contribution in [3.63, 3.8) is 0 Å². The van der Waals surface area contributed by atoms with Gasteiger partial charge in [0.15, 0.2) is 5.78 Å². The highest BCUT2D eigenvalue weighted by molar-refractivity contribution is 7.23. The molecule has 1 aliphatic rings. The molecular formula is C24H22N4O2S. The van der Waals surface area contributed by atoms with Gasteiger partial charge in [0.05, 0.1) is 15.7 Å². The third kappa shape index (κ3) is 2.75. The van der Waals surface area contributed by atoms with E-state index >= 15 is 0 Å². The van der Waals surface area contributed by atoms with Gasteiger partial charge < -0.3 is 27.7 Å². The topological polar surface area (TPSA) is 130 Å². The van der Waals surface area contributed by atoms with Crippen LogP contribution in [0.15, 0.2) is 60.7 Å². The number of hydrogen-bond donors (Lipinski definition) is 4. The van der Waals surface area contributed by atoms with Gasteiger partial charge in [-0.15, -0.1) is 11.3 Å². The van der Waals surface area contributed by atoms with Gasteiger partial charge in [-0.05, 0) is 53.9 Å². The Bertz CT molecular complexity index is 1350. The molecule has 0 aliphatic heterocycles. The number of anilines is 2. The molecule has 6 nitrogen and oxygen atoms in total. The van der Waals surface area contributed by atoms with Crippen LogP contribution < -0.4 is 27.7 Å². The normalized spacial score (nSPS) is 20.2. The number of nitrogen functional groups attached to an aromatic ring is 2. The van der Waals surface area contributed by atoms with Crippen LogP contribution in [0.2, 0.25) is 0 Å². The first-order chi connectivity index (χ1) is 14.8. The molecule has 7 heteroatoms. The molecule has 1 heterocycles. The average Bonchev–Trinajstić information content (AvgIpc) is 3.10. The molecule has 0 radical (unpaired) electrons. The van der Waals surface area contributed by atoms with E-state index in [4.69, 9.17) is 27.7 Å². The van der Waals surface area contributed by atoms with E-state index in [0.717, 1.165) is 21.4 Å². The van der Waals surface area contributed by atoms with Crippen molar-refractivity contribution in [1.29, 1.82) is 0 Å². The molecule has 1 aliphatic carbocycles. The Morgan fingerprint density at radius 2 is 1.68 bits per heavy atom. The average molecular weight is 431 g/mol. The number of nitrogens with two attached hydrogens (primary N) is 4. The van der Waals surface area contributed by atoms with Crippen LogP contribution in [0.3, 0.4) is 0 Å². The van der Waals surface area contributed by atoms with Crippen LogP contribution in [-0.4, -0.2) is 5.78 Å². The first kappa shape index (κ1) is 19.6. The Hall–Kier alpha value is -3.39. The molecule has 31 heavy (non-hydrogen) atoms. The molecule has 0 saturated heterocycles. The van der Waals surface area contributed by atoms with E-state index in [1.807, 2.05) is 61.5 Å². The quantitative estimate of drug-likeness (QED) is 0.364. The molecule has 2 unspecified atom stereocenters. The number of hydrogen-bond acceptors (Lipinski definition) is 7. The summed E-state index contributed by atoms with van der Waals surface area (Å²) in [4.78, 5) is 13.5. The maximum atomic E-state index is 13.5. The molecule has 0 amide bonds. The van der Waals surface area contributed by atoms with Crippen molar-refractivity contribution in [3.05, 3.63) is 82.9 Å². The summed E-state index contributed by atoms with van der Waals surface area (Å²) in [7, 11) is 0. The lowest BCUT2D eigenvalue weighted by Gasteiger charge is -2.37. The Labute approximate surface area is 183 Å². The lowest BCUT2D eigenvalue weighted by atomic mass is 9.70. The van der Waals surface area contributed by atoms with E-state index < -0.39 is 11.6 Å². The highest BCUT2D eigenvalue weighted by Gasteiger charge is 2.48. The van der Waals surface area contributed by atoms with Crippen LogP contribution in [0.4, 0.5) is 10.7 Å². The smallest absolute Gasteiger partial charge is 0.183 e. The van der Waals surface area contributed by atoms with Gasteiger partial charge >= 0.3 is 0 Å². The third-order valence-corrected chi connectivity index (χ3v) is 7.03. The largest absolute Gasteiger partial charge is 0.457 e. The number of ketones is 1. The molecule has 2 atom stereocenters. The monoisotopic (exact) mass is 430 g/mol. The van der Waals surface area contributed by atoms with Gasteiger partial charge in [0, 0.05) is 16.6 Å². The number of rotatable bonds is 3. The molecule has 156 valence electrons. The number of carbonyl (C=O) groups excluding carboxylic acids is 1. The highest BCUT2D eigenvalue weighted by atomic mass is 32.1. The SMILES string of the molecule is Cc1cc(Oc2ccccc2)ccc1C1(N)C(=O)C(N)c2c(N)sc3c(N)ccc1c23. The lowest BCUT2D eigenvalue weighted by Crippen LogP contribution is -2.52. The minimum absolute atomic E-state index is 0.295. The molecule has 3 aromatic carbocycles. The van der Waals surface area contributed by atoms with Crippen LogP contribution in [0.25, 0.3) is 10.1 Å². The Kier molecular flexibility index (Phi) is 4.30. The second kappa shape index (κ2) is 6.81. The summed E-state index contributed by atoms with van der Waals surface area (Å²) in [5.74, 6) is 1.09. The Morgan fingerprint density at radius 1 is 0.968 bits per heavy atom. The minimum Gasteiger partial charge on any atom is -0.457 e. The van der Waals surface area contributed by atoms with Crippen molar-refractivity contribution in [1.82, 2.24) is 0 Å². The lowest BCUT2D eigenvalue weighted by molar-refractivity contribution is -0.124. The van der Waals surface area contributed by atoms with Crippen molar-refractivity contribution in [3.8, 4) is 11.5 Å². The summed E-state index contributed by atoms with van der Waals surface area (Å²) >= 11 is 1.34. The predicted octanol–water partition coefficient (Wildman–Crippen LogP) is 3.95. The van der Waals surface area contributed by atoms with Crippen LogP contribution in [0, 0.1) is 6.92 Å². The Morgan fingerprint density at radius 3 is 2.39 bits per heavy atom. The van der Waals surface area contributed by atoms with E-state index in [0.29, 0.717) is 33.1 Å². The van der Waals surface area contributed by atoms with Gasteiger partial charge in [-0.1, -0.05) is 30.3 Å². The van der Waals surface area contributed by atoms with Gasteiger partial charge in [-0.25, -0.2) is 0 Å². The summed E-state index contributed by atoms with van der Waals surface area (Å²) in [6.45, 7) is 1.91. The second-order valence-corrected chi connectivity index (χ2v) is 8.88. The van der Waals surface area contributed by atoms with Crippen molar-refractivity contribution >= 4 is 37.9 Å². The van der Waals surface area contributed by atoms with E-state index in [1.165, 1.54) is 11.3 Å². The van der Waals surface area contributed by atoms with E-state index in [2.05, 4.69) is 0 Å². The van der Waals surface area contributed by atoms with Crippen LogP contribution in [0.1, 0.15) is 28.3 Å². The number of benzene rings is 3. The van der Waals surface area contributed by atoms with Gasteiger partial charge in [0.1, 0.15) is 17.0 Å². The van der Waals surface area contributed by atoms with Crippen molar-refractivity contribution in [2.45, 2.75) is 18.5 Å². The minimum atomic E-state index is -1.42. The molecule has 0 spiro atoms. The number of aryl methyl sites for hydroxylation is 1. The van der Waals surface area contributed by atoms with Gasteiger partial charge in [0.2, 0.25) is 0 Å². The summed E-state index contributed by atoms with van der Waals surface area (Å²) in [6.07, 6.45) is 0.